The SMILES string of the molecule is CCCCCCc1ccc(C2CCC3(CC2)C(=O)C2(CCC(c4ccc(CCCCCC)cc4)CC2)C3F)cc1. The number of benzene rings is 2. The second-order valence-electron chi connectivity index (χ2n) is 13.7. The summed E-state index contributed by atoms with van der Waals surface area (Å²) in [4.78, 5) is 13.8. The molecule has 0 bridgehead atoms. The minimum Gasteiger partial charge on any atom is -0.298 e. The molecule has 0 radical (unpaired) electrons. The topological polar surface area (TPSA) is 17.1 Å². The van der Waals surface area contributed by atoms with Gasteiger partial charge in [-0.05, 0) is 111 Å². The lowest BCUT2D eigenvalue weighted by Crippen LogP contribution is -2.69. The molecule has 0 N–H and O–H groups in total. The predicted octanol–water partition coefficient (Wildman–Crippen LogP) is 10.8. The average molecular weight is 545 g/mol. The van der Waals surface area contributed by atoms with E-state index in [1.165, 1.54) is 86.5 Å². The van der Waals surface area contributed by atoms with E-state index in [0.29, 0.717) is 11.8 Å². The number of rotatable bonds is 12. The summed E-state index contributed by atoms with van der Waals surface area (Å²) >= 11 is 0. The number of hydrogen-bond donors (Lipinski definition) is 0. The Morgan fingerprint density at radius 2 is 0.975 bits per heavy atom. The quantitative estimate of drug-likeness (QED) is 0.243. The van der Waals surface area contributed by atoms with Crippen LogP contribution in [0.1, 0.15) is 151 Å². The Bertz CT molecular complexity index is 982. The fourth-order valence-corrected chi connectivity index (χ4v) is 8.50. The number of carbonyl (C=O) groups excluding carboxylic acids is 1. The molecule has 0 unspecified atom stereocenters. The molecule has 0 aromatic heterocycles. The fraction of sp³-hybridized carbons (Fsp3) is 0.658. The van der Waals surface area contributed by atoms with E-state index in [1.807, 2.05) is 0 Å². The molecule has 0 atom stereocenters. The first kappa shape index (κ1) is 29.5. The van der Waals surface area contributed by atoms with Crippen molar-refractivity contribution in [1.82, 2.24) is 0 Å². The minimum atomic E-state index is -0.939. The van der Waals surface area contributed by atoms with Gasteiger partial charge in [0.05, 0.1) is 10.8 Å². The number of alkyl halides is 1. The highest BCUT2D eigenvalue weighted by Gasteiger charge is 2.71. The highest BCUT2D eigenvalue weighted by molar-refractivity contribution is 5.98. The molecule has 40 heavy (non-hydrogen) atoms. The molecular formula is C38H53FO. The molecule has 2 spiro atoms. The van der Waals surface area contributed by atoms with Crippen LogP contribution >= 0.6 is 0 Å². The van der Waals surface area contributed by atoms with Crippen LogP contribution < -0.4 is 0 Å². The third kappa shape index (κ3) is 5.98. The van der Waals surface area contributed by atoms with Gasteiger partial charge >= 0.3 is 0 Å². The number of aryl methyl sites for hydroxylation is 2. The predicted molar refractivity (Wildman–Crippen MR) is 166 cm³/mol. The summed E-state index contributed by atoms with van der Waals surface area (Å²) in [5.41, 5.74) is 4.28. The molecule has 3 fully saturated rings. The summed E-state index contributed by atoms with van der Waals surface area (Å²) in [6.45, 7) is 4.51. The Morgan fingerprint density at radius 1 is 0.600 bits per heavy atom. The Labute approximate surface area is 243 Å². The van der Waals surface area contributed by atoms with Gasteiger partial charge in [-0.15, -0.1) is 0 Å². The third-order valence-corrected chi connectivity index (χ3v) is 11.2. The summed E-state index contributed by atoms with van der Waals surface area (Å²) in [6, 6.07) is 18.4. The lowest BCUT2D eigenvalue weighted by Gasteiger charge is -2.61. The van der Waals surface area contributed by atoms with E-state index in [4.69, 9.17) is 0 Å². The third-order valence-electron chi connectivity index (χ3n) is 11.2. The summed E-state index contributed by atoms with van der Waals surface area (Å²) in [5.74, 6) is 1.23. The number of hydrogen-bond acceptors (Lipinski definition) is 1. The van der Waals surface area contributed by atoms with E-state index in [1.54, 1.807) is 0 Å². The van der Waals surface area contributed by atoms with Crippen molar-refractivity contribution >= 4 is 5.78 Å². The van der Waals surface area contributed by atoms with Gasteiger partial charge in [-0.25, -0.2) is 4.39 Å². The van der Waals surface area contributed by atoms with Crippen LogP contribution in [0.2, 0.25) is 0 Å². The van der Waals surface area contributed by atoms with Crippen molar-refractivity contribution in [3.63, 3.8) is 0 Å². The van der Waals surface area contributed by atoms with Crippen molar-refractivity contribution in [3.05, 3.63) is 70.8 Å². The zero-order valence-corrected chi connectivity index (χ0v) is 25.4. The van der Waals surface area contributed by atoms with E-state index in [0.717, 1.165) is 51.4 Å². The number of halogens is 1. The maximum absolute atomic E-state index is 16.1. The van der Waals surface area contributed by atoms with Crippen molar-refractivity contribution in [2.24, 2.45) is 10.8 Å². The summed E-state index contributed by atoms with van der Waals surface area (Å²) < 4.78 is 16.1. The van der Waals surface area contributed by atoms with E-state index < -0.39 is 17.0 Å². The smallest absolute Gasteiger partial charge is 0.151 e. The number of Topliss-reactive ketones (excluding diaryl/α,β-unsaturated/α-hetero) is 1. The first-order valence-corrected chi connectivity index (χ1v) is 16.9. The van der Waals surface area contributed by atoms with E-state index >= 15 is 4.39 Å². The van der Waals surface area contributed by atoms with Crippen molar-refractivity contribution in [3.8, 4) is 0 Å². The Balaban J connectivity index is 1.10. The zero-order valence-electron chi connectivity index (χ0n) is 25.4. The summed E-state index contributed by atoms with van der Waals surface area (Å²) in [5, 5.41) is 0. The van der Waals surface area contributed by atoms with E-state index in [-0.39, 0.29) is 5.78 Å². The van der Waals surface area contributed by atoms with Crippen LogP contribution in [0.5, 0.6) is 0 Å². The number of carbonyl (C=O) groups is 1. The zero-order chi connectivity index (χ0) is 28.0. The maximum Gasteiger partial charge on any atom is 0.151 e. The van der Waals surface area contributed by atoms with Crippen LogP contribution in [-0.2, 0) is 17.6 Å². The molecular weight excluding hydrogens is 491 g/mol. The van der Waals surface area contributed by atoms with Crippen molar-refractivity contribution in [2.75, 3.05) is 0 Å². The summed E-state index contributed by atoms with van der Waals surface area (Å²) in [7, 11) is 0. The molecule has 3 aliphatic carbocycles. The molecule has 218 valence electrons. The van der Waals surface area contributed by atoms with Gasteiger partial charge in [0.15, 0.2) is 5.78 Å². The minimum absolute atomic E-state index is 0.286. The molecule has 0 heterocycles. The largest absolute Gasteiger partial charge is 0.298 e. The van der Waals surface area contributed by atoms with Gasteiger partial charge in [0.25, 0.3) is 0 Å². The van der Waals surface area contributed by atoms with Gasteiger partial charge in [-0.3, -0.25) is 4.79 Å². The molecule has 2 aromatic rings. The molecule has 2 heteroatoms. The van der Waals surface area contributed by atoms with E-state index in [9.17, 15) is 4.79 Å². The standard InChI is InChI=1S/C38H53FO/c1-3-5-7-9-11-29-13-17-31(18-14-29)33-21-25-37(26-22-33)35(39)38(36(37)40)27-23-34(24-28-38)32-19-15-30(16-20-32)12-10-8-6-4-2/h13-20,33-35H,3-12,21-28H2,1-2H3. The Hall–Kier alpha value is -1.96. The van der Waals surface area contributed by atoms with Crippen LogP contribution in [0.25, 0.3) is 0 Å². The lowest BCUT2D eigenvalue weighted by atomic mass is 9.41. The molecule has 5 rings (SSSR count). The molecule has 0 amide bonds. The second-order valence-corrected chi connectivity index (χ2v) is 13.7. The molecule has 3 saturated carbocycles. The molecule has 2 aromatic carbocycles. The normalized spacial score (nSPS) is 30.1. The molecule has 0 saturated heterocycles. The highest BCUT2D eigenvalue weighted by Crippen LogP contribution is 2.66. The maximum atomic E-state index is 16.1. The van der Waals surface area contributed by atoms with Gasteiger partial charge in [0.1, 0.15) is 6.17 Å². The van der Waals surface area contributed by atoms with Gasteiger partial charge < -0.3 is 0 Å². The van der Waals surface area contributed by atoms with Crippen LogP contribution in [-0.4, -0.2) is 12.0 Å². The Morgan fingerprint density at radius 3 is 1.30 bits per heavy atom. The molecule has 1 nitrogen and oxygen atoms in total. The molecule has 0 aliphatic heterocycles. The monoisotopic (exact) mass is 544 g/mol. The van der Waals surface area contributed by atoms with Gasteiger partial charge in [-0.1, -0.05) is 101 Å². The fourth-order valence-electron chi connectivity index (χ4n) is 8.50. The first-order valence-electron chi connectivity index (χ1n) is 16.9. The second kappa shape index (κ2) is 13.3. The van der Waals surface area contributed by atoms with Crippen molar-refractivity contribution in [1.29, 1.82) is 0 Å². The first-order chi connectivity index (χ1) is 19.5. The molecule has 3 aliphatic rings. The average Bonchev–Trinajstić information content (AvgIpc) is 3.02. The van der Waals surface area contributed by atoms with Crippen LogP contribution in [0.15, 0.2) is 48.5 Å². The van der Waals surface area contributed by atoms with Gasteiger partial charge in [-0.2, -0.15) is 0 Å². The lowest BCUT2D eigenvalue weighted by molar-refractivity contribution is -0.191. The van der Waals surface area contributed by atoms with Crippen LogP contribution in [0.4, 0.5) is 4.39 Å². The van der Waals surface area contributed by atoms with Crippen molar-refractivity contribution < 1.29 is 9.18 Å². The van der Waals surface area contributed by atoms with Crippen LogP contribution in [0, 0.1) is 10.8 Å². The number of ketones is 1. The van der Waals surface area contributed by atoms with Gasteiger partial charge in [0, 0.05) is 0 Å². The van der Waals surface area contributed by atoms with Crippen molar-refractivity contribution in [2.45, 2.75) is 147 Å². The Kier molecular flexibility index (Phi) is 9.85. The van der Waals surface area contributed by atoms with E-state index in [2.05, 4.69) is 62.4 Å². The van der Waals surface area contributed by atoms with Crippen LogP contribution in [0.3, 0.4) is 0 Å². The summed E-state index contributed by atoms with van der Waals surface area (Å²) in [6.07, 6.45) is 18.5. The highest BCUT2D eigenvalue weighted by atomic mass is 19.1. The number of unbranched alkanes of at least 4 members (excludes halogenated alkanes) is 6. The van der Waals surface area contributed by atoms with Gasteiger partial charge in [0.2, 0.25) is 0 Å².